The van der Waals surface area contributed by atoms with Crippen LogP contribution in [0.1, 0.15) is 5.56 Å². The highest BCUT2D eigenvalue weighted by atomic mass is 32.1. The third-order valence-electron chi connectivity index (χ3n) is 9.43. The maximum Gasteiger partial charge on any atom is 0.0991 e. The Balaban J connectivity index is 1.40. The molecule has 8 rings (SSSR count). The Bertz CT molecular complexity index is 2510. The summed E-state index contributed by atoms with van der Waals surface area (Å²) in [6.07, 6.45) is 0. The summed E-state index contributed by atoms with van der Waals surface area (Å²) in [4.78, 5) is 5.57. The molecular weight excluding hydrogens is 631 g/mol. The molecule has 0 N–H and O–H groups in total. The molecule has 0 fully saturated rings. The summed E-state index contributed by atoms with van der Waals surface area (Å²) in [5.74, 6) is 0. The van der Waals surface area contributed by atoms with E-state index < -0.39 is 8.07 Å². The summed E-state index contributed by atoms with van der Waals surface area (Å²) in [5.41, 5.74) is 7.13. The first-order valence-electron chi connectivity index (χ1n) is 16.6. The van der Waals surface area contributed by atoms with Gasteiger partial charge in [-0.25, -0.2) is 0 Å². The number of thiol groups is 1. The molecular formula is C44H35N3SSi. The van der Waals surface area contributed by atoms with Crippen molar-refractivity contribution in [2.75, 3.05) is 9.80 Å². The van der Waals surface area contributed by atoms with Crippen molar-refractivity contribution in [2.45, 2.75) is 24.5 Å². The van der Waals surface area contributed by atoms with Crippen LogP contribution in [0.15, 0.2) is 157 Å². The number of benzene rings is 8. The van der Waals surface area contributed by atoms with Gasteiger partial charge in [-0.2, -0.15) is 5.26 Å². The van der Waals surface area contributed by atoms with Crippen molar-refractivity contribution in [1.29, 1.82) is 5.26 Å². The maximum atomic E-state index is 9.52. The molecule has 0 amide bonds. The van der Waals surface area contributed by atoms with E-state index in [1.54, 1.807) is 0 Å². The molecule has 3 nitrogen and oxygen atoms in total. The number of anilines is 6. The lowest BCUT2D eigenvalue weighted by Gasteiger charge is -2.30. The molecule has 0 aromatic heterocycles. The minimum Gasteiger partial charge on any atom is -0.310 e. The smallest absolute Gasteiger partial charge is 0.0991 e. The quantitative estimate of drug-likeness (QED) is 0.104. The van der Waals surface area contributed by atoms with Crippen LogP contribution in [0.4, 0.5) is 34.1 Å². The Labute approximate surface area is 294 Å². The fraction of sp³-hybridized carbons (Fsp3) is 0.0682. The predicted octanol–water partition coefficient (Wildman–Crippen LogP) is 12.2. The lowest BCUT2D eigenvalue weighted by atomic mass is 9.91. The van der Waals surface area contributed by atoms with Crippen molar-refractivity contribution in [1.82, 2.24) is 0 Å². The summed E-state index contributed by atoms with van der Waals surface area (Å²) >= 11 is 4.70. The van der Waals surface area contributed by atoms with E-state index >= 15 is 0 Å². The highest BCUT2D eigenvalue weighted by molar-refractivity contribution is 7.80. The van der Waals surface area contributed by atoms with Crippen LogP contribution in [0.2, 0.25) is 19.6 Å². The van der Waals surface area contributed by atoms with Crippen LogP contribution >= 0.6 is 12.6 Å². The van der Waals surface area contributed by atoms with Crippen LogP contribution in [-0.4, -0.2) is 8.07 Å². The fourth-order valence-electron chi connectivity index (χ4n) is 7.02. The van der Waals surface area contributed by atoms with Crippen LogP contribution < -0.4 is 15.0 Å². The van der Waals surface area contributed by atoms with E-state index in [1.807, 2.05) is 36.4 Å². The summed E-state index contributed by atoms with van der Waals surface area (Å²) in [6.45, 7) is 7.21. The summed E-state index contributed by atoms with van der Waals surface area (Å²) < 4.78 is 0. The van der Waals surface area contributed by atoms with Crippen LogP contribution in [0.25, 0.3) is 32.3 Å². The van der Waals surface area contributed by atoms with Gasteiger partial charge in [0.2, 0.25) is 0 Å². The minimum atomic E-state index is -1.55. The summed E-state index contributed by atoms with van der Waals surface area (Å²) in [5, 5.41) is 18.2. The van der Waals surface area contributed by atoms with Gasteiger partial charge in [0.1, 0.15) is 0 Å². The van der Waals surface area contributed by atoms with Gasteiger partial charge in [0.05, 0.1) is 31.1 Å². The van der Waals surface area contributed by atoms with Crippen molar-refractivity contribution in [3.63, 3.8) is 0 Å². The first-order valence-corrected chi connectivity index (χ1v) is 20.5. The van der Waals surface area contributed by atoms with E-state index in [0.717, 1.165) is 38.7 Å². The van der Waals surface area contributed by atoms with Gasteiger partial charge < -0.3 is 9.80 Å². The van der Waals surface area contributed by atoms with E-state index in [-0.39, 0.29) is 0 Å². The van der Waals surface area contributed by atoms with Crippen molar-refractivity contribution in [2.24, 2.45) is 0 Å². The zero-order valence-corrected chi connectivity index (χ0v) is 29.6. The largest absolute Gasteiger partial charge is 0.310 e. The molecule has 0 atom stereocenters. The molecule has 236 valence electrons. The zero-order chi connectivity index (χ0) is 33.7. The average Bonchev–Trinajstić information content (AvgIpc) is 3.12. The second-order valence-corrected chi connectivity index (χ2v) is 19.2. The first-order chi connectivity index (χ1) is 23.8. The lowest BCUT2D eigenvalue weighted by molar-refractivity contribution is 1.27. The van der Waals surface area contributed by atoms with Gasteiger partial charge in [0, 0.05) is 38.4 Å². The SMILES string of the molecule is C[Si](C)(C)c1cccc(N(c2ccccc2)c2ccc3ccc4c(N(c5ccc(C#N)cc5)c5cccc(S)c5)ccc5ccc2c3c54)c1. The van der Waals surface area contributed by atoms with Crippen LogP contribution in [-0.2, 0) is 0 Å². The van der Waals surface area contributed by atoms with Crippen molar-refractivity contribution >= 4 is 92.3 Å². The molecule has 0 aliphatic rings. The maximum absolute atomic E-state index is 9.52. The van der Waals surface area contributed by atoms with Crippen molar-refractivity contribution in [3.05, 3.63) is 157 Å². The third kappa shape index (κ3) is 5.49. The van der Waals surface area contributed by atoms with Gasteiger partial charge in [0.25, 0.3) is 0 Å². The molecule has 8 aromatic rings. The molecule has 0 saturated carbocycles. The monoisotopic (exact) mass is 665 g/mol. The Hall–Kier alpha value is -5.54. The predicted molar refractivity (Wildman–Crippen MR) is 214 cm³/mol. The minimum absolute atomic E-state index is 0.632. The molecule has 0 aliphatic carbocycles. The zero-order valence-electron chi connectivity index (χ0n) is 27.7. The summed E-state index contributed by atoms with van der Waals surface area (Å²) in [7, 11) is -1.55. The Kier molecular flexibility index (Phi) is 7.64. The van der Waals surface area contributed by atoms with Gasteiger partial charge in [-0.3, -0.25) is 0 Å². The van der Waals surface area contributed by atoms with Gasteiger partial charge in [-0.05, 0) is 100 Å². The number of nitriles is 1. The van der Waals surface area contributed by atoms with E-state index in [0.29, 0.717) is 5.56 Å². The molecule has 0 spiro atoms. The van der Waals surface area contributed by atoms with Crippen molar-refractivity contribution in [3.8, 4) is 6.07 Å². The lowest BCUT2D eigenvalue weighted by Crippen LogP contribution is -2.37. The van der Waals surface area contributed by atoms with Gasteiger partial charge in [0.15, 0.2) is 0 Å². The Morgan fingerprint density at radius 1 is 0.510 bits per heavy atom. The molecule has 0 bridgehead atoms. The van der Waals surface area contributed by atoms with Crippen molar-refractivity contribution < 1.29 is 0 Å². The second kappa shape index (κ2) is 12.2. The van der Waals surface area contributed by atoms with Gasteiger partial charge >= 0.3 is 0 Å². The average molecular weight is 666 g/mol. The van der Waals surface area contributed by atoms with Gasteiger partial charge in [-0.1, -0.05) is 97.6 Å². The number of rotatable bonds is 7. The normalized spacial score (nSPS) is 11.7. The molecule has 0 aliphatic heterocycles. The molecule has 5 heteroatoms. The summed E-state index contributed by atoms with van der Waals surface area (Å²) in [6, 6.07) is 56.2. The highest BCUT2D eigenvalue weighted by Crippen LogP contribution is 2.47. The van der Waals surface area contributed by atoms with E-state index in [2.05, 4.69) is 151 Å². The number of nitrogens with zero attached hydrogens (tertiary/aromatic N) is 3. The number of hydrogen-bond donors (Lipinski definition) is 1. The first kappa shape index (κ1) is 30.8. The van der Waals surface area contributed by atoms with E-state index in [9.17, 15) is 5.26 Å². The van der Waals surface area contributed by atoms with Crippen LogP contribution in [0.3, 0.4) is 0 Å². The molecule has 8 aromatic carbocycles. The number of hydrogen-bond acceptors (Lipinski definition) is 4. The van der Waals surface area contributed by atoms with Gasteiger partial charge in [-0.15, -0.1) is 12.6 Å². The molecule has 0 radical (unpaired) electrons. The van der Waals surface area contributed by atoms with E-state index in [1.165, 1.54) is 37.8 Å². The number of para-hydroxylation sites is 1. The van der Waals surface area contributed by atoms with Crippen LogP contribution in [0, 0.1) is 11.3 Å². The Morgan fingerprint density at radius 3 is 1.57 bits per heavy atom. The topological polar surface area (TPSA) is 30.3 Å². The molecule has 0 saturated heterocycles. The third-order valence-corrected chi connectivity index (χ3v) is 11.7. The molecule has 49 heavy (non-hydrogen) atoms. The van der Waals surface area contributed by atoms with Crippen LogP contribution in [0.5, 0.6) is 0 Å². The highest BCUT2D eigenvalue weighted by Gasteiger charge is 2.23. The molecule has 0 unspecified atom stereocenters. The fourth-order valence-corrected chi connectivity index (χ4v) is 8.42. The van der Waals surface area contributed by atoms with E-state index in [4.69, 9.17) is 12.6 Å². The Morgan fingerprint density at radius 2 is 1.02 bits per heavy atom. The second-order valence-electron chi connectivity index (χ2n) is 13.6. The standard InChI is InChI=1S/C44H35N3SSi/c1-49(2,3)38-14-8-12-36(28-38)46(33-9-5-4-6-10-33)41-25-19-31-18-24-40-42(26-20-32-17-23-39(41)43(31)44(32)40)47(35-11-7-13-37(48)27-35)34-21-15-30(29-45)16-22-34/h4-28,48H,1-3H3. The molecule has 0 heterocycles.